The fourth-order valence-electron chi connectivity index (χ4n) is 3.54. The van der Waals surface area contributed by atoms with E-state index in [2.05, 4.69) is 73.7 Å². The highest BCUT2D eigenvalue weighted by Gasteiger charge is 2.30. The summed E-state index contributed by atoms with van der Waals surface area (Å²) in [6.07, 6.45) is 8.27. The summed E-state index contributed by atoms with van der Waals surface area (Å²) in [6, 6.07) is 17.7. The van der Waals surface area contributed by atoms with Gasteiger partial charge in [-0.1, -0.05) is 72.3 Å². The zero-order valence-corrected chi connectivity index (χ0v) is 11.7. The van der Waals surface area contributed by atoms with E-state index < -0.39 is 0 Å². The van der Waals surface area contributed by atoms with Crippen LogP contribution in [0.15, 0.2) is 72.3 Å². The molecule has 98 valence electrons. The average molecular weight is 258 g/mol. The van der Waals surface area contributed by atoms with Crippen molar-refractivity contribution in [3.05, 3.63) is 83.5 Å². The Morgan fingerprint density at radius 3 is 2.65 bits per heavy atom. The second kappa shape index (κ2) is 4.49. The predicted molar refractivity (Wildman–Crippen MR) is 84.7 cm³/mol. The van der Waals surface area contributed by atoms with Crippen molar-refractivity contribution >= 4 is 0 Å². The maximum absolute atomic E-state index is 2.43. The van der Waals surface area contributed by atoms with Gasteiger partial charge in [0.25, 0.3) is 0 Å². The lowest BCUT2D eigenvalue weighted by molar-refractivity contribution is 0.626. The Hall–Kier alpha value is -2.08. The van der Waals surface area contributed by atoms with Crippen molar-refractivity contribution in [3.8, 4) is 11.1 Å². The minimum atomic E-state index is 0.597. The Morgan fingerprint density at radius 1 is 0.950 bits per heavy atom. The highest BCUT2D eigenvalue weighted by atomic mass is 14.3. The lowest BCUT2D eigenvalue weighted by Gasteiger charge is -2.18. The molecule has 0 aromatic heterocycles. The van der Waals surface area contributed by atoms with Crippen LogP contribution >= 0.6 is 0 Å². The highest BCUT2D eigenvalue weighted by molar-refractivity contribution is 5.66. The summed E-state index contributed by atoms with van der Waals surface area (Å²) >= 11 is 0. The molecular weight excluding hydrogens is 240 g/mol. The van der Waals surface area contributed by atoms with Crippen molar-refractivity contribution in [1.82, 2.24) is 0 Å². The van der Waals surface area contributed by atoms with Crippen LogP contribution in [0.1, 0.15) is 24.0 Å². The Labute approximate surface area is 120 Å². The van der Waals surface area contributed by atoms with Crippen LogP contribution in [0.2, 0.25) is 0 Å². The molecule has 0 saturated heterocycles. The van der Waals surface area contributed by atoms with E-state index in [1.807, 2.05) is 0 Å². The molecule has 0 aliphatic heterocycles. The molecule has 0 amide bonds. The van der Waals surface area contributed by atoms with Crippen molar-refractivity contribution in [2.24, 2.45) is 5.92 Å². The molecule has 0 nitrogen and oxygen atoms in total. The maximum atomic E-state index is 2.43. The zero-order chi connectivity index (χ0) is 13.5. The van der Waals surface area contributed by atoms with E-state index in [0.717, 1.165) is 0 Å². The molecule has 2 aromatic rings. The predicted octanol–water partition coefficient (Wildman–Crippen LogP) is 5.13. The Morgan fingerprint density at radius 2 is 1.80 bits per heavy atom. The van der Waals surface area contributed by atoms with Crippen LogP contribution in [-0.2, 0) is 6.42 Å². The monoisotopic (exact) mass is 258 g/mol. The molecule has 0 N–H and O–H groups in total. The van der Waals surface area contributed by atoms with Gasteiger partial charge in [-0.25, -0.2) is 0 Å². The Bertz CT molecular complexity index is 704. The Balaban J connectivity index is 1.77. The fraction of sp³-hybridized carbons (Fsp3) is 0.200. The first-order chi connectivity index (χ1) is 9.81. The summed E-state index contributed by atoms with van der Waals surface area (Å²) in [5, 5.41) is 0. The molecule has 0 saturated carbocycles. The van der Waals surface area contributed by atoms with Gasteiger partial charge < -0.3 is 0 Å². The summed E-state index contributed by atoms with van der Waals surface area (Å²) < 4.78 is 0. The van der Waals surface area contributed by atoms with Crippen LogP contribution in [0, 0.1) is 5.92 Å². The van der Waals surface area contributed by atoms with Gasteiger partial charge in [0.1, 0.15) is 0 Å². The molecule has 0 heteroatoms. The van der Waals surface area contributed by atoms with E-state index >= 15 is 0 Å². The molecule has 0 radical (unpaired) electrons. The van der Waals surface area contributed by atoms with E-state index in [1.54, 1.807) is 0 Å². The number of hydrogen-bond acceptors (Lipinski definition) is 0. The molecule has 0 fully saturated rings. The molecular formula is C20H18. The third-order valence-electron chi connectivity index (χ3n) is 4.57. The van der Waals surface area contributed by atoms with Crippen LogP contribution in [-0.4, -0.2) is 0 Å². The second-order valence-corrected chi connectivity index (χ2v) is 5.94. The van der Waals surface area contributed by atoms with Crippen molar-refractivity contribution in [2.75, 3.05) is 0 Å². The van der Waals surface area contributed by atoms with E-state index in [-0.39, 0.29) is 0 Å². The highest BCUT2D eigenvalue weighted by Crippen LogP contribution is 2.43. The molecule has 0 heterocycles. The van der Waals surface area contributed by atoms with Crippen LogP contribution < -0.4 is 0 Å². The number of allylic oxidation sites excluding steroid dienone is 4. The molecule has 2 unspecified atom stereocenters. The topological polar surface area (TPSA) is 0 Å². The van der Waals surface area contributed by atoms with Gasteiger partial charge >= 0.3 is 0 Å². The van der Waals surface area contributed by atoms with Gasteiger partial charge in [-0.05, 0) is 41.5 Å². The summed E-state index contributed by atoms with van der Waals surface area (Å²) in [7, 11) is 0. The fourth-order valence-corrected chi connectivity index (χ4v) is 3.54. The molecule has 0 bridgehead atoms. The van der Waals surface area contributed by atoms with Crippen LogP contribution in [0.5, 0.6) is 0 Å². The standard InChI is InChI=1S/C20H18/c1-14-7-8-17-13-18-12-16(15-5-3-2-4-6-15)9-10-19(18)20(17)11-14/h2-12,17,20H,13H2,1H3. The summed E-state index contributed by atoms with van der Waals surface area (Å²) in [4.78, 5) is 0. The van der Waals surface area contributed by atoms with Gasteiger partial charge in [0.2, 0.25) is 0 Å². The van der Waals surface area contributed by atoms with Crippen LogP contribution in [0.25, 0.3) is 11.1 Å². The molecule has 2 atom stereocenters. The largest absolute Gasteiger partial charge is 0.0799 e. The lowest BCUT2D eigenvalue weighted by Crippen LogP contribution is -2.05. The molecule has 0 spiro atoms. The van der Waals surface area contributed by atoms with Gasteiger partial charge in [-0.3, -0.25) is 0 Å². The third-order valence-corrected chi connectivity index (χ3v) is 4.57. The number of hydrogen-bond donors (Lipinski definition) is 0. The average Bonchev–Trinajstić information content (AvgIpc) is 2.85. The number of benzene rings is 2. The first-order valence-corrected chi connectivity index (χ1v) is 7.36. The van der Waals surface area contributed by atoms with Crippen molar-refractivity contribution in [2.45, 2.75) is 19.3 Å². The number of rotatable bonds is 1. The normalized spacial score (nSPS) is 23.1. The molecule has 2 aromatic carbocycles. The third kappa shape index (κ3) is 1.84. The summed E-state index contributed by atoms with van der Waals surface area (Å²) in [5.41, 5.74) is 7.10. The van der Waals surface area contributed by atoms with Gasteiger partial charge in [0.05, 0.1) is 0 Å². The van der Waals surface area contributed by atoms with Gasteiger partial charge in [0.15, 0.2) is 0 Å². The SMILES string of the molecule is CC1=CC2c3ccc(-c4ccccc4)cc3CC2C=C1. The minimum absolute atomic E-state index is 0.597. The summed E-state index contributed by atoms with van der Waals surface area (Å²) in [6.45, 7) is 2.20. The zero-order valence-electron chi connectivity index (χ0n) is 11.7. The van der Waals surface area contributed by atoms with Gasteiger partial charge in [-0.2, -0.15) is 0 Å². The minimum Gasteiger partial charge on any atom is -0.0799 e. The quantitative estimate of drug-likeness (QED) is 0.665. The maximum Gasteiger partial charge on any atom is 0.00925 e. The van der Waals surface area contributed by atoms with Crippen molar-refractivity contribution in [3.63, 3.8) is 0 Å². The van der Waals surface area contributed by atoms with Crippen LogP contribution in [0.3, 0.4) is 0 Å². The van der Waals surface area contributed by atoms with Crippen LogP contribution in [0.4, 0.5) is 0 Å². The smallest absolute Gasteiger partial charge is 0.00925 e. The first kappa shape index (κ1) is 11.7. The second-order valence-electron chi connectivity index (χ2n) is 5.94. The van der Waals surface area contributed by atoms with E-state index in [1.165, 1.54) is 34.2 Å². The molecule has 2 aliphatic carbocycles. The van der Waals surface area contributed by atoms with Gasteiger partial charge in [-0.15, -0.1) is 0 Å². The van der Waals surface area contributed by atoms with Crippen molar-refractivity contribution < 1.29 is 0 Å². The summed E-state index contributed by atoms with van der Waals surface area (Å²) in [5.74, 6) is 1.26. The Kier molecular flexibility index (Phi) is 2.63. The van der Waals surface area contributed by atoms with Crippen molar-refractivity contribution in [1.29, 1.82) is 0 Å². The van der Waals surface area contributed by atoms with E-state index in [0.29, 0.717) is 11.8 Å². The lowest BCUT2D eigenvalue weighted by atomic mass is 9.86. The van der Waals surface area contributed by atoms with Gasteiger partial charge in [0, 0.05) is 5.92 Å². The molecule has 4 rings (SSSR count). The first-order valence-electron chi connectivity index (χ1n) is 7.36. The molecule has 2 aliphatic rings. The van der Waals surface area contributed by atoms with E-state index in [9.17, 15) is 0 Å². The molecule has 20 heavy (non-hydrogen) atoms. The number of fused-ring (bicyclic) bond motifs is 3. The van der Waals surface area contributed by atoms with E-state index in [4.69, 9.17) is 0 Å².